The third-order valence-electron chi connectivity index (χ3n) is 4.25. The molecule has 7 nitrogen and oxygen atoms in total. The Morgan fingerprint density at radius 2 is 1.96 bits per heavy atom. The Bertz CT molecular complexity index is 578. The third-order valence-corrected chi connectivity index (χ3v) is 4.25. The minimum absolute atomic E-state index is 0. The number of carbonyl (C=O) groups is 1. The first-order valence-electron chi connectivity index (χ1n) is 8.44. The predicted octanol–water partition coefficient (Wildman–Crippen LogP) is 1.97. The van der Waals surface area contributed by atoms with Crippen molar-refractivity contribution < 1.29 is 18.0 Å². The van der Waals surface area contributed by atoms with E-state index in [0.717, 1.165) is 31.6 Å². The average Bonchev–Trinajstić information content (AvgIpc) is 2.92. The molecule has 1 amide bonds. The molecule has 0 spiro atoms. The number of piperidine rings is 1. The first kappa shape index (κ1) is 25.9. The van der Waals surface area contributed by atoms with E-state index in [4.69, 9.17) is 0 Å². The van der Waals surface area contributed by atoms with Crippen molar-refractivity contribution in [3.8, 4) is 0 Å². The molecular weight excluding hydrogens is 408 g/mol. The van der Waals surface area contributed by atoms with Gasteiger partial charge in [-0.15, -0.1) is 29.9 Å². The van der Waals surface area contributed by atoms with Gasteiger partial charge in [-0.1, -0.05) is 5.21 Å². The summed E-state index contributed by atoms with van der Waals surface area (Å²) < 4.78 is 38.5. The lowest BCUT2D eigenvalue weighted by Gasteiger charge is -2.23. The van der Waals surface area contributed by atoms with Crippen LogP contribution in [0.1, 0.15) is 41.5 Å². The van der Waals surface area contributed by atoms with E-state index in [9.17, 15) is 18.0 Å². The molecule has 0 saturated carbocycles. The zero-order chi connectivity index (χ0) is 18.4. The van der Waals surface area contributed by atoms with Crippen LogP contribution in [0, 0.1) is 6.92 Å². The topological polar surface area (TPSA) is 75.1 Å². The molecule has 1 saturated heterocycles. The van der Waals surface area contributed by atoms with Crippen LogP contribution in [0.4, 0.5) is 13.2 Å². The summed E-state index contributed by atoms with van der Waals surface area (Å²) in [6.45, 7) is 3.23. The Morgan fingerprint density at radius 1 is 1.33 bits per heavy atom. The standard InChI is InChI=1S/C15H25F3N6O.2ClH/c1-11-13(21-22-24(11)12-4-7-19-8-5-12)14(25)20-6-3-9-23(2)10-15(16,17)18;;/h12,19H,3-10H2,1-2H3,(H,20,25);2*1H. The number of rotatable bonds is 7. The summed E-state index contributed by atoms with van der Waals surface area (Å²) in [6, 6.07) is 0.242. The van der Waals surface area contributed by atoms with Crippen LogP contribution >= 0.6 is 24.8 Å². The summed E-state index contributed by atoms with van der Waals surface area (Å²) in [6.07, 6.45) is -1.89. The second kappa shape index (κ2) is 11.7. The summed E-state index contributed by atoms with van der Waals surface area (Å²) in [5, 5.41) is 14.1. The van der Waals surface area contributed by atoms with E-state index in [0.29, 0.717) is 13.0 Å². The van der Waals surface area contributed by atoms with Gasteiger partial charge >= 0.3 is 6.18 Å². The van der Waals surface area contributed by atoms with Crippen LogP contribution in [0.2, 0.25) is 0 Å². The van der Waals surface area contributed by atoms with Gasteiger partial charge in [0.05, 0.1) is 18.3 Å². The molecule has 2 rings (SSSR count). The SMILES string of the molecule is Cc1c(C(=O)NCCCN(C)CC(F)(F)F)nnn1C1CCNCC1.Cl.Cl. The van der Waals surface area contributed by atoms with Gasteiger partial charge in [-0.25, -0.2) is 4.68 Å². The maximum atomic E-state index is 12.2. The Morgan fingerprint density at radius 3 is 2.56 bits per heavy atom. The second-order valence-electron chi connectivity index (χ2n) is 6.41. The molecule has 1 aliphatic heterocycles. The van der Waals surface area contributed by atoms with Crippen molar-refractivity contribution in [1.29, 1.82) is 0 Å². The van der Waals surface area contributed by atoms with Crippen LogP contribution in [-0.2, 0) is 0 Å². The van der Waals surface area contributed by atoms with E-state index in [2.05, 4.69) is 20.9 Å². The van der Waals surface area contributed by atoms with Crippen molar-refractivity contribution in [2.75, 3.05) is 39.8 Å². The van der Waals surface area contributed by atoms with Gasteiger partial charge in [-0.05, 0) is 52.9 Å². The molecule has 0 atom stereocenters. The van der Waals surface area contributed by atoms with E-state index in [1.807, 2.05) is 6.92 Å². The molecule has 0 unspecified atom stereocenters. The van der Waals surface area contributed by atoms with Crippen LogP contribution < -0.4 is 10.6 Å². The van der Waals surface area contributed by atoms with E-state index in [-0.39, 0.29) is 49.0 Å². The Kier molecular flexibility index (Phi) is 11.2. The van der Waals surface area contributed by atoms with E-state index in [1.54, 1.807) is 4.68 Å². The van der Waals surface area contributed by atoms with Gasteiger partial charge in [0, 0.05) is 6.54 Å². The lowest BCUT2D eigenvalue weighted by atomic mass is 10.1. The average molecular weight is 435 g/mol. The molecule has 1 fully saturated rings. The van der Waals surface area contributed by atoms with Gasteiger partial charge in [0.2, 0.25) is 0 Å². The molecule has 0 aromatic carbocycles. The Balaban J connectivity index is 0.00000338. The maximum Gasteiger partial charge on any atom is 0.401 e. The van der Waals surface area contributed by atoms with Crippen LogP contribution in [0.15, 0.2) is 0 Å². The predicted molar refractivity (Wildman–Crippen MR) is 101 cm³/mol. The normalized spacial score (nSPS) is 15.2. The van der Waals surface area contributed by atoms with Crippen molar-refractivity contribution in [2.45, 2.75) is 38.4 Å². The number of hydrogen-bond acceptors (Lipinski definition) is 5. The minimum atomic E-state index is -4.21. The van der Waals surface area contributed by atoms with Crippen LogP contribution in [0.3, 0.4) is 0 Å². The zero-order valence-electron chi connectivity index (χ0n) is 15.4. The van der Waals surface area contributed by atoms with E-state index >= 15 is 0 Å². The Labute approximate surface area is 169 Å². The van der Waals surface area contributed by atoms with Gasteiger partial charge in [0.1, 0.15) is 0 Å². The van der Waals surface area contributed by atoms with Gasteiger partial charge in [0.25, 0.3) is 5.91 Å². The minimum Gasteiger partial charge on any atom is -0.351 e. The molecule has 0 radical (unpaired) electrons. The maximum absolute atomic E-state index is 12.2. The van der Waals surface area contributed by atoms with E-state index < -0.39 is 12.7 Å². The lowest BCUT2D eigenvalue weighted by Crippen LogP contribution is -2.34. The largest absolute Gasteiger partial charge is 0.401 e. The highest BCUT2D eigenvalue weighted by atomic mass is 35.5. The van der Waals surface area contributed by atoms with Crippen LogP contribution in [-0.4, -0.2) is 71.7 Å². The molecule has 1 aromatic heterocycles. The monoisotopic (exact) mass is 434 g/mol. The molecular formula is C15H27Cl2F3N6O. The molecule has 1 aliphatic rings. The van der Waals surface area contributed by atoms with Crippen molar-refractivity contribution >= 4 is 30.7 Å². The highest BCUT2D eigenvalue weighted by Gasteiger charge is 2.29. The first-order chi connectivity index (χ1) is 11.8. The first-order valence-corrected chi connectivity index (χ1v) is 8.44. The van der Waals surface area contributed by atoms with Crippen molar-refractivity contribution in [3.05, 3.63) is 11.4 Å². The molecule has 0 aliphatic carbocycles. The zero-order valence-corrected chi connectivity index (χ0v) is 17.0. The summed E-state index contributed by atoms with van der Waals surface area (Å²) in [5.74, 6) is -0.337. The number of hydrogen-bond donors (Lipinski definition) is 2. The van der Waals surface area contributed by atoms with Crippen LogP contribution in [0.25, 0.3) is 0 Å². The number of nitrogens with one attached hydrogen (secondary N) is 2. The molecule has 0 bridgehead atoms. The summed E-state index contributed by atoms with van der Waals surface area (Å²) >= 11 is 0. The molecule has 158 valence electrons. The quantitative estimate of drug-likeness (QED) is 0.641. The second-order valence-corrected chi connectivity index (χ2v) is 6.41. The summed E-state index contributed by atoms with van der Waals surface area (Å²) in [7, 11) is 1.41. The Hall–Kier alpha value is -1.10. The molecule has 2 N–H and O–H groups in total. The van der Waals surface area contributed by atoms with Crippen LogP contribution in [0.5, 0.6) is 0 Å². The van der Waals surface area contributed by atoms with Gasteiger partial charge in [-0.3, -0.25) is 9.69 Å². The van der Waals surface area contributed by atoms with Crippen molar-refractivity contribution in [3.63, 3.8) is 0 Å². The van der Waals surface area contributed by atoms with Crippen molar-refractivity contribution in [1.82, 2.24) is 30.5 Å². The van der Waals surface area contributed by atoms with E-state index in [1.165, 1.54) is 11.9 Å². The third kappa shape index (κ3) is 8.20. The van der Waals surface area contributed by atoms with Gasteiger partial charge in [0.15, 0.2) is 5.69 Å². The fraction of sp³-hybridized carbons (Fsp3) is 0.800. The molecule has 1 aromatic rings. The highest BCUT2D eigenvalue weighted by molar-refractivity contribution is 5.93. The highest BCUT2D eigenvalue weighted by Crippen LogP contribution is 2.20. The molecule has 27 heavy (non-hydrogen) atoms. The number of aromatic nitrogens is 3. The van der Waals surface area contributed by atoms with Crippen molar-refractivity contribution in [2.24, 2.45) is 0 Å². The number of alkyl halides is 3. The lowest BCUT2D eigenvalue weighted by molar-refractivity contribution is -0.143. The summed E-state index contributed by atoms with van der Waals surface area (Å²) in [5.41, 5.74) is 1.00. The number of halogens is 5. The molecule has 2 heterocycles. The number of amides is 1. The van der Waals surface area contributed by atoms with Gasteiger partial charge in [-0.2, -0.15) is 13.2 Å². The molecule has 12 heteroatoms. The van der Waals surface area contributed by atoms with Gasteiger partial charge < -0.3 is 10.6 Å². The number of carbonyl (C=O) groups excluding carboxylic acids is 1. The summed E-state index contributed by atoms with van der Waals surface area (Å²) in [4.78, 5) is 13.4. The smallest absolute Gasteiger partial charge is 0.351 e. The fourth-order valence-corrected chi connectivity index (χ4v) is 2.97. The number of nitrogens with zero attached hydrogens (tertiary/aromatic N) is 4. The fourth-order valence-electron chi connectivity index (χ4n) is 2.97.